The van der Waals surface area contributed by atoms with E-state index >= 15 is 0 Å². The number of fused-ring (bicyclic) bond motifs is 1. The Morgan fingerprint density at radius 3 is 2.85 bits per heavy atom. The first kappa shape index (κ1) is 18.2. The summed E-state index contributed by atoms with van der Waals surface area (Å²) in [5.74, 6) is 0.237. The van der Waals surface area contributed by atoms with Crippen molar-refractivity contribution in [3.8, 4) is 11.5 Å². The van der Waals surface area contributed by atoms with Gasteiger partial charge in [0.2, 0.25) is 6.29 Å². The van der Waals surface area contributed by atoms with Crippen molar-refractivity contribution in [1.29, 1.82) is 0 Å². The summed E-state index contributed by atoms with van der Waals surface area (Å²) >= 11 is 3.33. The van der Waals surface area contributed by atoms with Crippen molar-refractivity contribution in [1.82, 2.24) is 5.32 Å². The largest absolute Gasteiger partial charge is 0.460 e. The van der Waals surface area contributed by atoms with Gasteiger partial charge in [-0.15, -0.1) is 0 Å². The molecule has 6 nitrogen and oxygen atoms in total. The Labute approximate surface area is 164 Å². The zero-order chi connectivity index (χ0) is 19.0. The second-order valence-electron chi connectivity index (χ2n) is 6.43. The van der Waals surface area contributed by atoms with Crippen molar-refractivity contribution in [2.45, 2.75) is 32.1 Å². The topological polar surface area (TPSA) is 80.3 Å². The van der Waals surface area contributed by atoms with Crippen molar-refractivity contribution in [2.24, 2.45) is 0 Å². The molecule has 0 spiro atoms. The number of hydrogen-bond donors (Lipinski definition) is 2. The molecule has 2 aliphatic heterocycles. The van der Waals surface area contributed by atoms with Gasteiger partial charge in [-0.05, 0) is 48.9 Å². The minimum Gasteiger partial charge on any atom is -0.460 e. The molecular weight excluding hydrogens is 414 g/mol. The minimum absolute atomic E-state index is 0.0479. The van der Waals surface area contributed by atoms with Gasteiger partial charge in [0.25, 0.3) is 0 Å². The van der Waals surface area contributed by atoms with Crippen LogP contribution in [-0.2, 0) is 16.1 Å². The van der Waals surface area contributed by atoms with Crippen molar-refractivity contribution >= 4 is 28.0 Å². The number of benzene rings is 2. The molecule has 2 aromatic rings. The third kappa shape index (κ3) is 4.22. The first-order valence-electron chi connectivity index (χ1n) is 8.55. The molecule has 2 aromatic carbocycles. The van der Waals surface area contributed by atoms with E-state index in [1.807, 2.05) is 25.1 Å². The Bertz CT molecular complexity index is 913. The average Bonchev–Trinajstić information content (AvgIpc) is 3.34. The number of esters is 1. The van der Waals surface area contributed by atoms with E-state index in [1.165, 1.54) is 0 Å². The van der Waals surface area contributed by atoms with E-state index in [4.69, 9.17) is 14.2 Å². The van der Waals surface area contributed by atoms with Gasteiger partial charge in [0.05, 0.1) is 6.10 Å². The zero-order valence-electron chi connectivity index (χ0n) is 14.5. The molecule has 2 heterocycles. The molecule has 0 bridgehead atoms. The highest BCUT2D eigenvalue weighted by atomic mass is 79.9. The maximum absolute atomic E-state index is 12.5. The van der Waals surface area contributed by atoms with Crippen LogP contribution in [0.4, 0.5) is 0 Å². The fourth-order valence-corrected chi connectivity index (χ4v) is 3.20. The van der Waals surface area contributed by atoms with Gasteiger partial charge in [-0.2, -0.15) is 0 Å². The molecule has 0 aromatic heterocycles. The standard InChI is InChI=1S/C20H18BrNO5/c1-11-18(25-11)22-10-12-5-6-17-13(7-12)8-16(20(24)27-17)19(23)26-15-4-2-3-14(21)9-15/h2-9,11,18,20,22,24H,10H2,1H3. The van der Waals surface area contributed by atoms with Gasteiger partial charge in [0.1, 0.15) is 23.3 Å². The molecule has 27 heavy (non-hydrogen) atoms. The normalized spacial score (nSPS) is 23.1. The van der Waals surface area contributed by atoms with Crippen molar-refractivity contribution < 1.29 is 24.1 Å². The van der Waals surface area contributed by atoms with Gasteiger partial charge in [-0.1, -0.05) is 28.1 Å². The monoisotopic (exact) mass is 431 g/mol. The van der Waals surface area contributed by atoms with Crippen molar-refractivity contribution in [2.75, 3.05) is 0 Å². The Kier molecular flexibility index (Phi) is 5.01. The number of halogens is 1. The Hall–Kier alpha value is -2.19. The second-order valence-corrected chi connectivity index (χ2v) is 7.35. The summed E-state index contributed by atoms with van der Waals surface area (Å²) in [7, 11) is 0. The summed E-state index contributed by atoms with van der Waals surface area (Å²) in [5, 5.41) is 13.5. The SMILES string of the molecule is CC1OC1NCc1ccc2c(c1)C=C(C(=O)Oc1cccc(Br)c1)C(O)O2. The molecule has 2 N–H and O–H groups in total. The zero-order valence-corrected chi connectivity index (χ0v) is 16.1. The highest BCUT2D eigenvalue weighted by Gasteiger charge is 2.33. The summed E-state index contributed by atoms with van der Waals surface area (Å²) in [6.07, 6.45) is 0.552. The predicted molar refractivity (Wildman–Crippen MR) is 102 cm³/mol. The van der Waals surface area contributed by atoms with Crippen LogP contribution in [-0.4, -0.2) is 29.7 Å². The lowest BCUT2D eigenvalue weighted by atomic mass is 10.0. The summed E-state index contributed by atoms with van der Waals surface area (Å²) in [6.45, 7) is 2.64. The Morgan fingerprint density at radius 1 is 1.30 bits per heavy atom. The number of ether oxygens (including phenoxy) is 3. The maximum atomic E-state index is 12.5. The average molecular weight is 432 g/mol. The quantitative estimate of drug-likeness (QED) is 0.430. The molecule has 1 saturated heterocycles. The molecule has 3 atom stereocenters. The molecule has 0 radical (unpaired) electrons. The number of carbonyl (C=O) groups excluding carboxylic acids is 1. The van der Waals surface area contributed by atoms with Crippen LogP contribution in [0, 0.1) is 0 Å². The molecule has 2 aliphatic rings. The fraction of sp³-hybridized carbons (Fsp3) is 0.250. The van der Waals surface area contributed by atoms with Crippen LogP contribution < -0.4 is 14.8 Å². The van der Waals surface area contributed by atoms with Crippen molar-refractivity contribution in [3.63, 3.8) is 0 Å². The van der Waals surface area contributed by atoms with Crippen LogP contribution in [0.1, 0.15) is 18.1 Å². The van der Waals surface area contributed by atoms with E-state index < -0.39 is 12.3 Å². The summed E-state index contributed by atoms with van der Waals surface area (Å²) in [4.78, 5) is 12.5. The van der Waals surface area contributed by atoms with E-state index in [1.54, 1.807) is 30.3 Å². The number of aliphatic hydroxyl groups excluding tert-OH is 1. The first-order chi connectivity index (χ1) is 13.0. The summed E-state index contributed by atoms with van der Waals surface area (Å²) in [5.41, 5.74) is 1.78. The smallest absolute Gasteiger partial charge is 0.345 e. The third-order valence-corrected chi connectivity index (χ3v) is 4.84. The van der Waals surface area contributed by atoms with E-state index in [9.17, 15) is 9.90 Å². The number of aliphatic hydroxyl groups is 1. The van der Waals surface area contributed by atoms with E-state index in [0.717, 1.165) is 10.0 Å². The molecule has 1 fully saturated rings. The number of carbonyl (C=O) groups is 1. The third-order valence-electron chi connectivity index (χ3n) is 4.35. The molecule has 0 amide bonds. The Balaban J connectivity index is 1.51. The lowest BCUT2D eigenvalue weighted by Gasteiger charge is -2.22. The summed E-state index contributed by atoms with van der Waals surface area (Å²) in [6, 6.07) is 12.5. The molecular formula is C20H18BrNO5. The molecule has 4 rings (SSSR count). The van der Waals surface area contributed by atoms with E-state index in [0.29, 0.717) is 23.6 Å². The summed E-state index contributed by atoms with van der Waals surface area (Å²) < 4.78 is 16.9. The van der Waals surface area contributed by atoms with Crippen LogP contribution in [0.3, 0.4) is 0 Å². The number of nitrogens with one attached hydrogen (secondary N) is 1. The van der Waals surface area contributed by atoms with Crippen LogP contribution in [0.25, 0.3) is 6.08 Å². The van der Waals surface area contributed by atoms with Gasteiger partial charge < -0.3 is 19.3 Å². The molecule has 3 unspecified atom stereocenters. The van der Waals surface area contributed by atoms with Crippen LogP contribution in [0.15, 0.2) is 52.5 Å². The molecule has 7 heteroatoms. The second kappa shape index (κ2) is 7.44. The predicted octanol–water partition coefficient (Wildman–Crippen LogP) is 2.98. The molecule has 0 aliphatic carbocycles. The van der Waals surface area contributed by atoms with Gasteiger partial charge in [0, 0.05) is 16.6 Å². The maximum Gasteiger partial charge on any atom is 0.345 e. The first-order valence-corrected chi connectivity index (χ1v) is 9.35. The van der Waals surface area contributed by atoms with Gasteiger partial charge in [0.15, 0.2) is 0 Å². The van der Waals surface area contributed by atoms with E-state index in [2.05, 4.69) is 21.2 Å². The van der Waals surface area contributed by atoms with Crippen LogP contribution in [0.5, 0.6) is 11.5 Å². The van der Waals surface area contributed by atoms with Gasteiger partial charge >= 0.3 is 5.97 Å². The Morgan fingerprint density at radius 2 is 2.11 bits per heavy atom. The van der Waals surface area contributed by atoms with Gasteiger partial charge in [-0.25, -0.2) is 4.79 Å². The van der Waals surface area contributed by atoms with Crippen LogP contribution in [0.2, 0.25) is 0 Å². The minimum atomic E-state index is -1.37. The lowest BCUT2D eigenvalue weighted by molar-refractivity contribution is -0.133. The number of epoxide rings is 1. The highest BCUT2D eigenvalue weighted by Crippen LogP contribution is 2.31. The van der Waals surface area contributed by atoms with Crippen LogP contribution >= 0.6 is 15.9 Å². The number of hydrogen-bond acceptors (Lipinski definition) is 6. The highest BCUT2D eigenvalue weighted by molar-refractivity contribution is 9.10. The number of rotatable bonds is 5. The van der Waals surface area contributed by atoms with Crippen molar-refractivity contribution in [3.05, 3.63) is 63.6 Å². The molecule has 140 valence electrons. The fourth-order valence-electron chi connectivity index (χ4n) is 2.83. The lowest BCUT2D eigenvalue weighted by Crippen LogP contribution is -2.29. The van der Waals surface area contributed by atoms with E-state index in [-0.39, 0.29) is 17.9 Å². The molecule has 0 saturated carbocycles. The van der Waals surface area contributed by atoms with Gasteiger partial charge in [-0.3, -0.25) is 5.32 Å².